The molecule has 80 valence electrons. The van der Waals surface area contributed by atoms with Gasteiger partial charge in [-0.05, 0) is 19.3 Å². The first kappa shape index (κ1) is 13.0. The molecule has 0 fully saturated rings. The van der Waals surface area contributed by atoms with Crippen LogP contribution in [0.15, 0.2) is 0 Å². The molecule has 0 aliphatic rings. The van der Waals surface area contributed by atoms with E-state index in [0.29, 0.717) is 0 Å². The molecule has 0 heterocycles. The number of terminal acetylenes is 1. The van der Waals surface area contributed by atoms with Gasteiger partial charge in [0.1, 0.15) is 0 Å². The Hall–Kier alpha value is -0.970. The van der Waals surface area contributed by atoms with Gasteiger partial charge in [-0.2, -0.15) is 0 Å². The zero-order valence-electron chi connectivity index (χ0n) is 9.52. The van der Waals surface area contributed by atoms with E-state index < -0.39 is 0 Å². The minimum absolute atomic E-state index is 0.140. The average Bonchev–Trinajstić information content (AvgIpc) is 2.17. The molecule has 1 amide bonds. The monoisotopic (exact) mass is 195 g/mol. The van der Waals surface area contributed by atoms with Crippen molar-refractivity contribution in [2.45, 2.75) is 46.5 Å². The third-order valence-corrected chi connectivity index (χ3v) is 2.53. The Kier molecular flexibility index (Phi) is 6.03. The molecule has 0 atom stereocenters. The van der Waals surface area contributed by atoms with Crippen LogP contribution in [0.4, 0.5) is 0 Å². The zero-order chi connectivity index (χ0) is 11.0. The Balaban J connectivity index is 3.60. The number of amides is 1. The van der Waals surface area contributed by atoms with E-state index in [1.54, 1.807) is 0 Å². The van der Waals surface area contributed by atoms with Crippen molar-refractivity contribution in [3.05, 3.63) is 0 Å². The summed E-state index contributed by atoms with van der Waals surface area (Å²) in [6.07, 6.45) is 8.74. The Morgan fingerprint density at radius 1 is 1.43 bits per heavy atom. The molecular weight excluding hydrogens is 174 g/mol. The Morgan fingerprint density at radius 2 is 2.07 bits per heavy atom. The standard InChI is InChI=1S/C12H21NO/c1-5-7-8-9-10-13-11(14)12(3,4)6-2/h1H,6-10H2,2-4H3,(H,13,14). The first-order chi connectivity index (χ1) is 6.54. The van der Waals surface area contributed by atoms with Gasteiger partial charge >= 0.3 is 0 Å². The van der Waals surface area contributed by atoms with Crippen LogP contribution < -0.4 is 5.32 Å². The largest absolute Gasteiger partial charge is 0.356 e. The van der Waals surface area contributed by atoms with Crippen molar-refractivity contribution < 1.29 is 4.79 Å². The molecule has 0 aromatic heterocycles. The van der Waals surface area contributed by atoms with Crippen LogP contribution in [-0.2, 0) is 4.79 Å². The van der Waals surface area contributed by atoms with E-state index in [1.807, 2.05) is 20.8 Å². The molecule has 2 nitrogen and oxygen atoms in total. The van der Waals surface area contributed by atoms with Gasteiger partial charge in [-0.1, -0.05) is 20.8 Å². The van der Waals surface area contributed by atoms with E-state index in [1.165, 1.54) is 0 Å². The molecule has 0 saturated heterocycles. The van der Waals surface area contributed by atoms with E-state index in [0.717, 1.165) is 32.2 Å². The SMILES string of the molecule is C#CCCCCNC(=O)C(C)(C)CC. The highest BCUT2D eigenvalue weighted by molar-refractivity contribution is 5.81. The van der Waals surface area contributed by atoms with Gasteiger partial charge in [-0.25, -0.2) is 0 Å². The van der Waals surface area contributed by atoms with Gasteiger partial charge < -0.3 is 5.32 Å². The summed E-state index contributed by atoms with van der Waals surface area (Å²) < 4.78 is 0. The molecule has 1 N–H and O–H groups in total. The maximum atomic E-state index is 11.6. The van der Waals surface area contributed by atoms with E-state index in [9.17, 15) is 4.79 Å². The third-order valence-electron chi connectivity index (χ3n) is 2.53. The van der Waals surface area contributed by atoms with Crippen molar-refractivity contribution in [1.82, 2.24) is 5.32 Å². The van der Waals surface area contributed by atoms with Crippen LogP contribution in [0.2, 0.25) is 0 Å². The first-order valence-corrected chi connectivity index (χ1v) is 5.26. The number of hydrogen-bond acceptors (Lipinski definition) is 1. The normalized spacial score (nSPS) is 10.7. The lowest BCUT2D eigenvalue weighted by Crippen LogP contribution is -2.36. The predicted octanol–water partition coefficient (Wildman–Crippen LogP) is 2.34. The molecule has 0 bridgehead atoms. The van der Waals surface area contributed by atoms with Crippen LogP contribution in [-0.4, -0.2) is 12.5 Å². The quantitative estimate of drug-likeness (QED) is 0.511. The van der Waals surface area contributed by atoms with Gasteiger partial charge in [0.25, 0.3) is 0 Å². The van der Waals surface area contributed by atoms with E-state index in [4.69, 9.17) is 6.42 Å². The molecule has 0 unspecified atom stereocenters. The van der Waals surface area contributed by atoms with E-state index in [2.05, 4.69) is 11.2 Å². The fraction of sp³-hybridized carbons (Fsp3) is 0.750. The summed E-state index contributed by atoms with van der Waals surface area (Å²) in [5, 5.41) is 2.93. The van der Waals surface area contributed by atoms with Crippen molar-refractivity contribution in [3.63, 3.8) is 0 Å². The lowest BCUT2D eigenvalue weighted by Gasteiger charge is -2.21. The Morgan fingerprint density at radius 3 is 2.57 bits per heavy atom. The molecule has 14 heavy (non-hydrogen) atoms. The smallest absolute Gasteiger partial charge is 0.225 e. The van der Waals surface area contributed by atoms with Gasteiger partial charge in [0.05, 0.1) is 0 Å². The molecule has 0 aromatic rings. The fourth-order valence-electron chi connectivity index (χ4n) is 0.954. The second-order valence-corrected chi connectivity index (χ2v) is 4.15. The zero-order valence-corrected chi connectivity index (χ0v) is 9.52. The maximum absolute atomic E-state index is 11.6. The lowest BCUT2D eigenvalue weighted by molar-refractivity contribution is -0.129. The molecule has 0 saturated carbocycles. The van der Waals surface area contributed by atoms with Crippen LogP contribution in [0.1, 0.15) is 46.5 Å². The maximum Gasteiger partial charge on any atom is 0.225 e. The minimum atomic E-state index is -0.244. The number of nitrogens with one attached hydrogen (secondary N) is 1. The summed E-state index contributed by atoms with van der Waals surface area (Å²) in [7, 11) is 0. The Labute approximate surface area is 87.5 Å². The van der Waals surface area contributed by atoms with Crippen molar-refractivity contribution >= 4 is 5.91 Å². The molecule has 0 aromatic carbocycles. The third kappa shape index (κ3) is 4.91. The minimum Gasteiger partial charge on any atom is -0.356 e. The van der Waals surface area contributed by atoms with Crippen LogP contribution in [0.3, 0.4) is 0 Å². The summed E-state index contributed by atoms with van der Waals surface area (Å²) >= 11 is 0. The van der Waals surface area contributed by atoms with Crippen LogP contribution >= 0.6 is 0 Å². The average molecular weight is 195 g/mol. The molecule has 0 radical (unpaired) electrons. The van der Waals surface area contributed by atoms with E-state index >= 15 is 0 Å². The number of rotatable bonds is 6. The molecule has 0 aliphatic carbocycles. The van der Waals surface area contributed by atoms with Gasteiger partial charge in [0.15, 0.2) is 0 Å². The topological polar surface area (TPSA) is 29.1 Å². The second kappa shape index (κ2) is 6.48. The lowest BCUT2D eigenvalue weighted by atomic mass is 9.89. The number of carbonyl (C=O) groups is 1. The van der Waals surface area contributed by atoms with E-state index in [-0.39, 0.29) is 11.3 Å². The Bertz CT molecular complexity index is 213. The molecule has 0 spiro atoms. The highest BCUT2D eigenvalue weighted by Crippen LogP contribution is 2.19. The van der Waals surface area contributed by atoms with Crippen molar-refractivity contribution in [1.29, 1.82) is 0 Å². The first-order valence-electron chi connectivity index (χ1n) is 5.26. The summed E-state index contributed by atoms with van der Waals surface area (Å²) in [6, 6.07) is 0. The van der Waals surface area contributed by atoms with Gasteiger partial charge in [-0.15, -0.1) is 12.3 Å². The molecule has 0 aliphatic heterocycles. The number of unbranched alkanes of at least 4 members (excludes halogenated alkanes) is 2. The van der Waals surface area contributed by atoms with Crippen molar-refractivity contribution in [2.24, 2.45) is 5.41 Å². The predicted molar refractivity (Wildman–Crippen MR) is 59.8 cm³/mol. The molecule has 0 rings (SSSR count). The molecule has 2 heteroatoms. The summed E-state index contributed by atoms with van der Waals surface area (Å²) in [4.78, 5) is 11.6. The van der Waals surface area contributed by atoms with Crippen molar-refractivity contribution in [2.75, 3.05) is 6.54 Å². The highest BCUT2D eigenvalue weighted by atomic mass is 16.2. The highest BCUT2D eigenvalue weighted by Gasteiger charge is 2.24. The second-order valence-electron chi connectivity index (χ2n) is 4.15. The van der Waals surface area contributed by atoms with Crippen LogP contribution in [0, 0.1) is 17.8 Å². The summed E-state index contributed by atoms with van der Waals surface area (Å²) in [6.45, 7) is 6.69. The van der Waals surface area contributed by atoms with Crippen molar-refractivity contribution in [3.8, 4) is 12.3 Å². The van der Waals surface area contributed by atoms with Gasteiger partial charge in [0.2, 0.25) is 5.91 Å². The van der Waals surface area contributed by atoms with Crippen LogP contribution in [0.5, 0.6) is 0 Å². The van der Waals surface area contributed by atoms with Gasteiger partial charge in [0, 0.05) is 18.4 Å². The molecular formula is C12H21NO. The van der Waals surface area contributed by atoms with Crippen LogP contribution in [0.25, 0.3) is 0 Å². The number of hydrogen-bond donors (Lipinski definition) is 1. The fourth-order valence-corrected chi connectivity index (χ4v) is 0.954. The number of carbonyl (C=O) groups excluding carboxylic acids is 1. The summed E-state index contributed by atoms with van der Waals surface area (Å²) in [5.74, 6) is 2.72. The summed E-state index contributed by atoms with van der Waals surface area (Å²) in [5.41, 5.74) is -0.244. The van der Waals surface area contributed by atoms with Gasteiger partial charge in [-0.3, -0.25) is 4.79 Å².